The second kappa shape index (κ2) is 6.96. The van der Waals surface area contributed by atoms with Gasteiger partial charge in [0.25, 0.3) is 8.32 Å². The van der Waals surface area contributed by atoms with Crippen molar-refractivity contribution in [3.8, 4) is 0 Å². The van der Waals surface area contributed by atoms with Gasteiger partial charge in [0.1, 0.15) is 0 Å². The van der Waals surface area contributed by atoms with Crippen molar-refractivity contribution in [1.82, 2.24) is 0 Å². The largest absolute Gasteiger partial charge is 0.455 e. The number of hydrogen-bond donors (Lipinski definition) is 0. The van der Waals surface area contributed by atoms with Gasteiger partial charge < -0.3 is 4.53 Å². The molecule has 1 aromatic carbocycles. The Hall–Kier alpha value is -1.14. The Kier molecular flexibility index (Phi) is 5.98. The minimum atomic E-state index is -3.26. The van der Waals surface area contributed by atoms with E-state index < -0.39 is 18.2 Å². The first-order chi connectivity index (χ1) is 9.96. The molecule has 0 fully saturated rings. The summed E-state index contributed by atoms with van der Waals surface area (Å²) in [5, 5.41) is 4.25. The van der Waals surface area contributed by atoms with Gasteiger partial charge in [-0.25, -0.2) is 8.42 Å². The van der Waals surface area contributed by atoms with Crippen molar-refractivity contribution in [2.75, 3.05) is 5.75 Å². The van der Waals surface area contributed by atoms with Crippen LogP contribution in [0.4, 0.5) is 0 Å². The summed E-state index contributed by atoms with van der Waals surface area (Å²) in [5.41, 5.74) is 0.712. The molecule has 1 rings (SSSR count). The predicted molar refractivity (Wildman–Crippen MR) is 94.5 cm³/mol. The van der Waals surface area contributed by atoms with Crippen molar-refractivity contribution >= 4 is 23.9 Å². The van der Waals surface area contributed by atoms with E-state index >= 15 is 0 Å². The first-order valence-corrected chi connectivity index (χ1v) is 12.0. The van der Waals surface area contributed by atoms with Gasteiger partial charge in [0.05, 0.1) is 16.4 Å². The Morgan fingerprint density at radius 3 is 2.23 bits per heavy atom. The number of sulfone groups is 1. The number of benzene rings is 1. The van der Waals surface area contributed by atoms with Crippen molar-refractivity contribution in [3.63, 3.8) is 0 Å². The number of oxime groups is 1. The average molecular weight is 342 g/mol. The van der Waals surface area contributed by atoms with Crippen LogP contribution in [0.1, 0.15) is 34.1 Å². The molecule has 0 aliphatic heterocycles. The van der Waals surface area contributed by atoms with Gasteiger partial charge in [0.2, 0.25) is 0 Å². The van der Waals surface area contributed by atoms with Crippen molar-refractivity contribution < 1.29 is 12.9 Å². The third kappa shape index (κ3) is 5.25. The Balaban J connectivity index is 2.67. The molecule has 0 saturated carbocycles. The van der Waals surface area contributed by atoms with E-state index in [4.69, 9.17) is 4.53 Å². The minimum Gasteiger partial charge on any atom is -0.455 e. The summed E-state index contributed by atoms with van der Waals surface area (Å²) in [7, 11) is -5.21. The number of nitrogens with zero attached hydrogens (tertiary/aromatic N) is 1. The van der Waals surface area contributed by atoms with Crippen molar-refractivity contribution in [2.24, 2.45) is 5.16 Å². The maximum atomic E-state index is 12.2. The first-order valence-electron chi connectivity index (χ1n) is 7.45. The summed E-state index contributed by atoms with van der Waals surface area (Å²) in [6, 6.07) is 8.50. The van der Waals surface area contributed by atoms with Crippen LogP contribution in [0.3, 0.4) is 0 Å². The van der Waals surface area contributed by atoms with Crippen LogP contribution in [0.15, 0.2) is 40.4 Å². The van der Waals surface area contributed by atoms with E-state index in [1.54, 1.807) is 30.3 Å². The van der Waals surface area contributed by atoms with Crippen LogP contribution in [0.25, 0.3) is 0 Å². The van der Waals surface area contributed by atoms with E-state index in [2.05, 4.69) is 39.0 Å². The van der Waals surface area contributed by atoms with E-state index in [1.807, 2.05) is 6.92 Å². The monoisotopic (exact) mass is 341 g/mol. The topological polar surface area (TPSA) is 55.7 Å². The summed E-state index contributed by atoms with van der Waals surface area (Å²) in [6.45, 7) is 12.5. The van der Waals surface area contributed by atoms with Gasteiger partial charge in [-0.15, -0.1) is 5.16 Å². The maximum Gasteiger partial charge on any atom is 0.286 e. The molecule has 0 N–H and O–H groups in total. The molecule has 0 amide bonds. The molecule has 0 heterocycles. The molecule has 4 nitrogen and oxygen atoms in total. The molecule has 22 heavy (non-hydrogen) atoms. The second-order valence-corrected chi connectivity index (χ2v) is 13.9. The van der Waals surface area contributed by atoms with Crippen LogP contribution in [-0.4, -0.2) is 28.2 Å². The van der Waals surface area contributed by atoms with Crippen LogP contribution in [0.2, 0.25) is 18.1 Å². The van der Waals surface area contributed by atoms with Gasteiger partial charge in [-0.2, -0.15) is 0 Å². The van der Waals surface area contributed by atoms with E-state index in [0.717, 1.165) is 0 Å². The molecule has 0 aliphatic carbocycles. The standard InChI is InChI=1S/C16H27NO3SSi/c1-14(17-20-22(5,6)16(2,3)4)12-13-21(18,19)15-10-8-7-9-11-15/h7-11H,12-13H2,1-6H3/b17-14+. The fourth-order valence-corrected chi connectivity index (χ4v) is 3.43. The summed E-state index contributed by atoms with van der Waals surface area (Å²) < 4.78 is 30.2. The normalized spacial score (nSPS) is 14.0. The minimum absolute atomic E-state index is 0.0488. The number of hydrogen-bond acceptors (Lipinski definition) is 4. The molecule has 0 saturated heterocycles. The van der Waals surface area contributed by atoms with E-state index in [9.17, 15) is 8.42 Å². The Morgan fingerprint density at radius 2 is 1.73 bits per heavy atom. The Labute approximate surface area is 135 Å². The third-order valence-corrected chi connectivity index (χ3v) is 9.96. The average Bonchev–Trinajstić information content (AvgIpc) is 2.43. The van der Waals surface area contributed by atoms with Gasteiger partial charge in [-0.05, 0) is 37.2 Å². The zero-order valence-electron chi connectivity index (χ0n) is 14.4. The van der Waals surface area contributed by atoms with E-state index in [-0.39, 0.29) is 10.8 Å². The van der Waals surface area contributed by atoms with Crippen LogP contribution < -0.4 is 0 Å². The van der Waals surface area contributed by atoms with E-state index in [1.165, 1.54) is 0 Å². The lowest BCUT2D eigenvalue weighted by Gasteiger charge is -2.33. The zero-order chi connectivity index (χ0) is 17.0. The van der Waals surface area contributed by atoms with Crippen LogP contribution >= 0.6 is 0 Å². The molecule has 124 valence electrons. The quantitative estimate of drug-likeness (QED) is 0.441. The smallest absolute Gasteiger partial charge is 0.286 e. The SMILES string of the molecule is C/C(CCS(=O)(=O)c1ccccc1)=N\O[Si](C)(C)C(C)(C)C. The maximum absolute atomic E-state index is 12.2. The highest BCUT2D eigenvalue weighted by Crippen LogP contribution is 2.36. The molecule has 0 aromatic heterocycles. The first kappa shape index (κ1) is 18.9. The van der Waals surface area contributed by atoms with Crippen molar-refractivity contribution in [2.45, 2.75) is 57.1 Å². The molecule has 0 unspecified atom stereocenters. The molecule has 6 heteroatoms. The Bertz CT molecular complexity index is 617. The highest BCUT2D eigenvalue weighted by molar-refractivity contribution is 7.91. The van der Waals surface area contributed by atoms with Crippen LogP contribution in [-0.2, 0) is 14.4 Å². The lowest BCUT2D eigenvalue weighted by molar-refractivity contribution is 0.307. The highest BCUT2D eigenvalue weighted by atomic mass is 32.2. The molecule has 0 spiro atoms. The number of rotatable bonds is 6. The fourth-order valence-electron chi connectivity index (χ4n) is 1.40. The van der Waals surface area contributed by atoms with Gasteiger partial charge in [-0.1, -0.05) is 39.0 Å². The second-order valence-electron chi connectivity index (χ2n) is 7.06. The summed E-state index contributed by atoms with van der Waals surface area (Å²) in [6.07, 6.45) is 0.381. The van der Waals surface area contributed by atoms with Crippen LogP contribution in [0.5, 0.6) is 0 Å². The summed E-state index contributed by atoms with van der Waals surface area (Å²) in [5.74, 6) is 0.0488. The van der Waals surface area contributed by atoms with Gasteiger partial charge in [-0.3, -0.25) is 0 Å². The summed E-state index contributed by atoms with van der Waals surface area (Å²) >= 11 is 0. The molecule has 0 radical (unpaired) electrons. The van der Waals surface area contributed by atoms with Gasteiger partial charge >= 0.3 is 0 Å². The highest BCUT2D eigenvalue weighted by Gasteiger charge is 2.39. The van der Waals surface area contributed by atoms with E-state index in [0.29, 0.717) is 17.0 Å². The van der Waals surface area contributed by atoms with Crippen LogP contribution in [0, 0.1) is 0 Å². The molecule has 0 bridgehead atoms. The molecule has 0 aliphatic rings. The Morgan fingerprint density at radius 1 is 1.18 bits per heavy atom. The van der Waals surface area contributed by atoms with Gasteiger partial charge in [0.15, 0.2) is 9.84 Å². The lowest BCUT2D eigenvalue weighted by Crippen LogP contribution is -2.39. The molecular formula is C16H27NO3SSi. The zero-order valence-corrected chi connectivity index (χ0v) is 16.2. The molecule has 1 aromatic rings. The predicted octanol–water partition coefficient (Wildman–Crippen LogP) is 4.25. The van der Waals surface area contributed by atoms with Gasteiger partial charge in [0, 0.05) is 6.42 Å². The van der Waals surface area contributed by atoms with Crippen molar-refractivity contribution in [3.05, 3.63) is 30.3 Å². The lowest BCUT2D eigenvalue weighted by atomic mass is 10.2. The summed E-state index contributed by atoms with van der Waals surface area (Å²) in [4.78, 5) is 0.355. The molecular weight excluding hydrogens is 314 g/mol. The third-order valence-electron chi connectivity index (χ3n) is 4.07. The molecule has 0 atom stereocenters. The van der Waals surface area contributed by atoms with Crippen molar-refractivity contribution in [1.29, 1.82) is 0 Å². The fraction of sp³-hybridized carbons (Fsp3) is 0.562.